The van der Waals surface area contributed by atoms with Crippen LogP contribution in [0.2, 0.25) is 0 Å². The van der Waals surface area contributed by atoms with Crippen LogP contribution in [-0.4, -0.2) is 42.6 Å². The van der Waals surface area contributed by atoms with Gasteiger partial charge in [0, 0.05) is 26.2 Å². The number of hydrogen-bond donors (Lipinski definition) is 1. The summed E-state index contributed by atoms with van der Waals surface area (Å²) in [5.41, 5.74) is 4.93. The molecule has 1 atom stereocenters. The highest BCUT2D eigenvalue weighted by Gasteiger charge is 2.38. The first kappa shape index (κ1) is 14.5. The van der Waals surface area contributed by atoms with E-state index in [1.54, 1.807) is 7.11 Å². The molecule has 0 saturated heterocycles. The Morgan fingerprint density at radius 3 is 2.47 bits per heavy atom. The Labute approximate surface area is 104 Å². The topological polar surface area (TPSA) is 55.6 Å². The van der Waals surface area contributed by atoms with Gasteiger partial charge < -0.3 is 15.4 Å². The molecule has 1 amide bonds. The average molecular weight is 242 g/mol. The van der Waals surface area contributed by atoms with Gasteiger partial charge >= 0.3 is 0 Å². The lowest BCUT2D eigenvalue weighted by Crippen LogP contribution is -2.52. The van der Waals surface area contributed by atoms with Crippen LogP contribution in [0.4, 0.5) is 0 Å². The molecule has 0 bridgehead atoms. The van der Waals surface area contributed by atoms with Crippen LogP contribution >= 0.6 is 0 Å². The summed E-state index contributed by atoms with van der Waals surface area (Å²) in [4.78, 5) is 14.5. The SMILES string of the molecule is CCC(C)(OC)C(=O)N(CCN)C1CCCC1. The second-order valence-electron chi connectivity index (χ2n) is 5.01. The lowest BCUT2D eigenvalue weighted by molar-refractivity contribution is -0.155. The van der Waals surface area contributed by atoms with Gasteiger partial charge in [-0.05, 0) is 26.2 Å². The van der Waals surface area contributed by atoms with E-state index in [4.69, 9.17) is 10.5 Å². The molecule has 0 aromatic heterocycles. The summed E-state index contributed by atoms with van der Waals surface area (Å²) in [5.74, 6) is 0.0971. The average Bonchev–Trinajstić information content (AvgIpc) is 2.87. The van der Waals surface area contributed by atoms with Crippen LogP contribution in [0, 0.1) is 0 Å². The zero-order valence-corrected chi connectivity index (χ0v) is 11.4. The van der Waals surface area contributed by atoms with E-state index in [1.807, 2.05) is 18.7 Å². The Kier molecular flexibility index (Phi) is 5.40. The first-order valence-electron chi connectivity index (χ1n) is 6.65. The molecule has 0 spiro atoms. The monoisotopic (exact) mass is 242 g/mol. The molecule has 1 rings (SSSR count). The van der Waals surface area contributed by atoms with Gasteiger partial charge in [-0.1, -0.05) is 19.8 Å². The van der Waals surface area contributed by atoms with Crippen molar-refractivity contribution in [3.8, 4) is 0 Å². The molecule has 4 heteroatoms. The number of carbonyl (C=O) groups excluding carboxylic acids is 1. The van der Waals surface area contributed by atoms with Gasteiger partial charge in [-0.15, -0.1) is 0 Å². The van der Waals surface area contributed by atoms with Gasteiger partial charge in [0.15, 0.2) is 0 Å². The lowest BCUT2D eigenvalue weighted by atomic mass is 9.99. The summed E-state index contributed by atoms with van der Waals surface area (Å²) in [7, 11) is 1.61. The van der Waals surface area contributed by atoms with E-state index in [1.165, 1.54) is 12.8 Å². The first-order valence-corrected chi connectivity index (χ1v) is 6.65. The van der Waals surface area contributed by atoms with Gasteiger partial charge in [-0.25, -0.2) is 0 Å². The molecule has 4 nitrogen and oxygen atoms in total. The highest BCUT2D eigenvalue weighted by molar-refractivity contribution is 5.85. The van der Waals surface area contributed by atoms with Crippen LogP contribution < -0.4 is 5.73 Å². The van der Waals surface area contributed by atoms with Gasteiger partial charge in [0.25, 0.3) is 5.91 Å². The molecule has 100 valence electrons. The van der Waals surface area contributed by atoms with E-state index in [-0.39, 0.29) is 5.91 Å². The molecule has 0 aromatic carbocycles. The molecule has 0 radical (unpaired) electrons. The molecule has 1 fully saturated rings. The minimum Gasteiger partial charge on any atom is -0.369 e. The van der Waals surface area contributed by atoms with Crippen LogP contribution in [0.15, 0.2) is 0 Å². The minimum atomic E-state index is -0.697. The third-order valence-corrected chi connectivity index (χ3v) is 3.97. The lowest BCUT2D eigenvalue weighted by Gasteiger charge is -2.36. The number of ether oxygens (including phenoxy) is 1. The summed E-state index contributed by atoms with van der Waals surface area (Å²) in [6.45, 7) is 5.01. The summed E-state index contributed by atoms with van der Waals surface area (Å²) < 4.78 is 5.40. The fourth-order valence-corrected chi connectivity index (χ4v) is 2.49. The van der Waals surface area contributed by atoms with Crippen molar-refractivity contribution < 1.29 is 9.53 Å². The number of methoxy groups -OCH3 is 1. The number of nitrogens with two attached hydrogens (primary N) is 1. The zero-order valence-electron chi connectivity index (χ0n) is 11.4. The number of amides is 1. The van der Waals surface area contributed by atoms with Crippen molar-refractivity contribution in [3.63, 3.8) is 0 Å². The summed E-state index contributed by atoms with van der Waals surface area (Å²) in [6, 6.07) is 0.368. The van der Waals surface area contributed by atoms with Crippen molar-refractivity contribution >= 4 is 5.91 Å². The molecule has 1 aliphatic carbocycles. The zero-order chi connectivity index (χ0) is 12.9. The largest absolute Gasteiger partial charge is 0.369 e. The van der Waals surface area contributed by atoms with Crippen LogP contribution in [-0.2, 0) is 9.53 Å². The fourth-order valence-electron chi connectivity index (χ4n) is 2.49. The van der Waals surface area contributed by atoms with Crippen molar-refractivity contribution in [1.29, 1.82) is 0 Å². The second kappa shape index (κ2) is 6.36. The Morgan fingerprint density at radius 1 is 1.47 bits per heavy atom. The fraction of sp³-hybridized carbons (Fsp3) is 0.923. The van der Waals surface area contributed by atoms with Crippen molar-refractivity contribution in [1.82, 2.24) is 4.90 Å². The summed E-state index contributed by atoms with van der Waals surface area (Å²) in [5, 5.41) is 0. The molecule has 0 aromatic rings. The molecule has 17 heavy (non-hydrogen) atoms. The predicted molar refractivity (Wildman–Crippen MR) is 68.7 cm³/mol. The van der Waals surface area contributed by atoms with Crippen molar-refractivity contribution in [2.75, 3.05) is 20.2 Å². The molecule has 1 unspecified atom stereocenters. The van der Waals surface area contributed by atoms with E-state index >= 15 is 0 Å². The smallest absolute Gasteiger partial charge is 0.254 e. The summed E-state index contributed by atoms with van der Waals surface area (Å²) >= 11 is 0. The van der Waals surface area contributed by atoms with Gasteiger partial charge in [-0.2, -0.15) is 0 Å². The maximum absolute atomic E-state index is 12.5. The standard InChI is InChI=1S/C13H26N2O2/c1-4-13(2,17-3)12(16)15(10-9-14)11-7-5-6-8-11/h11H,4-10,14H2,1-3H3. The Bertz CT molecular complexity index is 246. The van der Waals surface area contributed by atoms with Crippen LogP contribution in [0.25, 0.3) is 0 Å². The maximum atomic E-state index is 12.5. The molecule has 2 N–H and O–H groups in total. The number of nitrogens with zero attached hydrogens (tertiary/aromatic N) is 1. The van der Waals surface area contributed by atoms with Crippen molar-refractivity contribution in [2.24, 2.45) is 5.73 Å². The van der Waals surface area contributed by atoms with Crippen molar-refractivity contribution in [3.05, 3.63) is 0 Å². The van der Waals surface area contributed by atoms with Crippen LogP contribution in [0.3, 0.4) is 0 Å². The number of carbonyl (C=O) groups is 1. The third-order valence-electron chi connectivity index (χ3n) is 3.97. The van der Waals surface area contributed by atoms with Gasteiger partial charge in [-0.3, -0.25) is 4.79 Å². The van der Waals surface area contributed by atoms with E-state index < -0.39 is 5.60 Å². The molecule has 0 heterocycles. The molecule has 0 aliphatic heterocycles. The quantitative estimate of drug-likeness (QED) is 0.768. The van der Waals surface area contributed by atoms with Gasteiger partial charge in [0.1, 0.15) is 5.60 Å². The van der Waals surface area contributed by atoms with Crippen molar-refractivity contribution in [2.45, 2.75) is 57.6 Å². The highest BCUT2D eigenvalue weighted by atomic mass is 16.5. The van der Waals surface area contributed by atoms with Crippen LogP contribution in [0.5, 0.6) is 0 Å². The highest BCUT2D eigenvalue weighted by Crippen LogP contribution is 2.27. The molecular weight excluding hydrogens is 216 g/mol. The molecular formula is C13H26N2O2. The third kappa shape index (κ3) is 3.19. The van der Waals surface area contributed by atoms with Gasteiger partial charge in [0.2, 0.25) is 0 Å². The Hall–Kier alpha value is -0.610. The predicted octanol–water partition coefficient (Wildman–Crippen LogP) is 1.53. The number of hydrogen-bond acceptors (Lipinski definition) is 3. The summed E-state index contributed by atoms with van der Waals surface area (Å²) in [6.07, 6.45) is 5.34. The Balaban J connectivity index is 2.78. The van der Waals surface area contributed by atoms with E-state index in [0.29, 0.717) is 25.6 Å². The van der Waals surface area contributed by atoms with Crippen LogP contribution in [0.1, 0.15) is 46.0 Å². The van der Waals surface area contributed by atoms with E-state index in [0.717, 1.165) is 12.8 Å². The first-order chi connectivity index (χ1) is 8.09. The molecule has 1 aliphatic rings. The molecule has 1 saturated carbocycles. The normalized spacial score (nSPS) is 20.2. The maximum Gasteiger partial charge on any atom is 0.254 e. The number of rotatable bonds is 6. The second-order valence-corrected chi connectivity index (χ2v) is 5.01. The van der Waals surface area contributed by atoms with E-state index in [9.17, 15) is 4.79 Å². The Morgan fingerprint density at radius 2 is 2.06 bits per heavy atom. The van der Waals surface area contributed by atoms with E-state index in [2.05, 4.69) is 0 Å². The van der Waals surface area contributed by atoms with Gasteiger partial charge in [0.05, 0.1) is 0 Å². The minimum absolute atomic E-state index is 0.0971.